The Bertz CT molecular complexity index is 1050. The number of rotatable bonds is 5. The van der Waals surface area contributed by atoms with Crippen LogP contribution in [0.5, 0.6) is 0 Å². The van der Waals surface area contributed by atoms with Crippen molar-refractivity contribution in [2.24, 2.45) is 5.73 Å². The fourth-order valence-electron chi connectivity index (χ4n) is 3.48. The molecular formula is C18H16Cl2N4O2S. The average molecular weight is 423 g/mol. The molecule has 0 unspecified atom stereocenters. The Morgan fingerprint density at radius 3 is 2.81 bits per heavy atom. The maximum absolute atomic E-state index is 12.8. The van der Waals surface area contributed by atoms with Crippen molar-refractivity contribution in [2.75, 3.05) is 6.54 Å². The number of carbonyl (C=O) groups excluding carboxylic acids is 2. The number of nitrogens with one attached hydrogen (secondary N) is 3. The van der Waals surface area contributed by atoms with E-state index in [1.165, 1.54) is 11.3 Å². The molecule has 5 N–H and O–H groups in total. The number of aromatic amines is 1. The van der Waals surface area contributed by atoms with Crippen molar-refractivity contribution in [3.05, 3.63) is 56.5 Å². The number of carbonyl (C=O) groups is 2. The molecule has 9 heteroatoms. The van der Waals surface area contributed by atoms with Crippen molar-refractivity contribution < 1.29 is 9.59 Å². The Balaban J connectivity index is 1.56. The van der Waals surface area contributed by atoms with Gasteiger partial charge in [0.15, 0.2) is 0 Å². The second-order valence-corrected chi connectivity index (χ2v) is 8.45. The average Bonchev–Trinajstić information content (AvgIpc) is 3.27. The number of benzene rings is 1. The molecule has 0 aliphatic heterocycles. The highest BCUT2D eigenvalue weighted by molar-refractivity contribution is 7.23. The molecule has 140 valence electrons. The summed E-state index contributed by atoms with van der Waals surface area (Å²) in [6.07, 6.45) is 0.667. The Morgan fingerprint density at radius 2 is 2.07 bits per heavy atom. The van der Waals surface area contributed by atoms with E-state index in [0.717, 1.165) is 15.8 Å². The van der Waals surface area contributed by atoms with Crippen molar-refractivity contribution in [2.45, 2.75) is 18.5 Å². The van der Waals surface area contributed by atoms with Crippen LogP contribution in [0.3, 0.4) is 0 Å². The van der Waals surface area contributed by atoms with Gasteiger partial charge in [-0.25, -0.2) is 0 Å². The quantitative estimate of drug-likeness (QED) is 0.508. The molecule has 0 saturated carbocycles. The second-order valence-electron chi connectivity index (χ2n) is 6.42. The highest BCUT2D eigenvalue weighted by Crippen LogP contribution is 2.39. The summed E-state index contributed by atoms with van der Waals surface area (Å²) in [6, 6.07) is 9.26. The van der Waals surface area contributed by atoms with Gasteiger partial charge >= 0.3 is 0 Å². The third-order valence-corrected chi connectivity index (χ3v) is 6.60. The lowest BCUT2D eigenvalue weighted by Gasteiger charge is -2.22. The van der Waals surface area contributed by atoms with Crippen molar-refractivity contribution in [1.29, 1.82) is 0 Å². The maximum atomic E-state index is 12.8. The van der Waals surface area contributed by atoms with E-state index < -0.39 is 5.91 Å². The van der Waals surface area contributed by atoms with Crippen molar-refractivity contribution >= 4 is 56.6 Å². The zero-order valence-electron chi connectivity index (χ0n) is 14.0. The summed E-state index contributed by atoms with van der Waals surface area (Å²) in [5, 5.41) is 6.61. The lowest BCUT2D eigenvalue weighted by atomic mass is 10.1. The molecule has 1 aliphatic carbocycles. The van der Waals surface area contributed by atoms with Gasteiger partial charge in [0, 0.05) is 0 Å². The predicted octanol–water partition coefficient (Wildman–Crippen LogP) is 3.01. The first-order chi connectivity index (χ1) is 12.9. The summed E-state index contributed by atoms with van der Waals surface area (Å²) in [5.41, 5.74) is 8.54. The molecule has 2 heterocycles. The number of fused-ring (bicyclic) bond motifs is 2. The minimum Gasteiger partial charge on any atom is -0.369 e. The summed E-state index contributed by atoms with van der Waals surface area (Å²) in [4.78, 5) is 27.0. The molecule has 1 aromatic carbocycles. The maximum Gasteiger partial charge on any atom is 0.268 e. The summed E-state index contributed by atoms with van der Waals surface area (Å²) in [5.74, 6) is -0.685. The van der Waals surface area contributed by atoms with Crippen molar-refractivity contribution in [3.63, 3.8) is 0 Å². The topological polar surface area (TPSA) is 100 Å². The van der Waals surface area contributed by atoms with E-state index in [2.05, 4.69) is 15.6 Å². The molecule has 0 bridgehead atoms. The highest BCUT2D eigenvalue weighted by Gasteiger charge is 2.33. The number of hydrogen-bond acceptors (Lipinski definition) is 4. The second kappa shape index (κ2) is 7.16. The Morgan fingerprint density at radius 1 is 1.30 bits per heavy atom. The van der Waals surface area contributed by atoms with E-state index >= 15 is 0 Å². The third kappa shape index (κ3) is 3.43. The van der Waals surface area contributed by atoms with Crippen LogP contribution >= 0.6 is 34.5 Å². The molecule has 0 spiro atoms. The van der Waals surface area contributed by atoms with Gasteiger partial charge in [0.2, 0.25) is 5.91 Å². The third-order valence-electron chi connectivity index (χ3n) is 4.66. The van der Waals surface area contributed by atoms with E-state index in [9.17, 15) is 9.59 Å². The number of amides is 2. The number of aromatic nitrogens is 1. The van der Waals surface area contributed by atoms with E-state index in [-0.39, 0.29) is 24.5 Å². The predicted molar refractivity (Wildman–Crippen MR) is 108 cm³/mol. The Kier molecular flexibility index (Phi) is 4.86. The van der Waals surface area contributed by atoms with Crippen molar-refractivity contribution in [1.82, 2.24) is 15.6 Å². The van der Waals surface area contributed by atoms with Gasteiger partial charge in [-0.05, 0) is 23.6 Å². The van der Waals surface area contributed by atoms with Gasteiger partial charge in [-0.3, -0.25) is 14.9 Å². The van der Waals surface area contributed by atoms with Crippen LogP contribution in [-0.2, 0) is 11.2 Å². The van der Waals surface area contributed by atoms with Gasteiger partial charge in [0.1, 0.15) is 10.0 Å². The monoisotopic (exact) mass is 422 g/mol. The van der Waals surface area contributed by atoms with E-state index in [1.54, 1.807) is 6.07 Å². The van der Waals surface area contributed by atoms with Crippen LogP contribution in [-0.4, -0.2) is 29.4 Å². The molecule has 2 amide bonds. The van der Waals surface area contributed by atoms with Gasteiger partial charge in [0.25, 0.3) is 5.91 Å². The fourth-order valence-corrected chi connectivity index (χ4v) is 4.96. The first kappa shape index (κ1) is 18.3. The summed E-state index contributed by atoms with van der Waals surface area (Å²) >= 11 is 13.5. The molecule has 4 rings (SSSR count). The van der Waals surface area contributed by atoms with Crippen LogP contribution in [0.1, 0.15) is 27.7 Å². The fraction of sp³-hybridized carbons (Fsp3) is 0.222. The summed E-state index contributed by atoms with van der Waals surface area (Å²) < 4.78 is 1.32. The Labute approximate surface area is 169 Å². The minimum atomic E-state index is -0.444. The number of primary amides is 1. The summed E-state index contributed by atoms with van der Waals surface area (Å²) in [7, 11) is 0. The number of nitrogens with two attached hydrogens (primary N) is 1. The molecule has 2 aromatic heterocycles. The molecule has 6 nitrogen and oxygen atoms in total. The number of H-pyrrole nitrogens is 1. The molecule has 1 aliphatic rings. The highest BCUT2D eigenvalue weighted by atomic mass is 35.5. The molecule has 0 fully saturated rings. The van der Waals surface area contributed by atoms with Crippen LogP contribution in [0, 0.1) is 0 Å². The molecule has 2 atom stereocenters. The number of thiophene rings is 1. The van der Waals surface area contributed by atoms with Crippen LogP contribution in [0.15, 0.2) is 30.3 Å². The van der Waals surface area contributed by atoms with Crippen LogP contribution in [0.2, 0.25) is 9.36 Å². The summed E-state index contributed by atoms with van der Waals surface area (Å²) in [6.45, 7) is 0.0394. The van der Waals surface area contributed by atoms with E-state index in [0.29, 0.717) is 27.0 Å². The first-order valence-electron chi connectivity index (χ1n) is 8.31. The first-order valence-corrected chi connectivity index (χ1v) is 9.88. The Hall–Kier alpha value is -2.06. The van der Waals surface area contributed by atoms with E-state index in [1.807, 2.05) is 24.3 Å². The minimum absolute atomic E-state index is 0.0394. The molecular weight excluding hydrogens is 407 g/mol. The lowest BCUT2D eigenvalue weighted by Crippen LogP contribution is -2.44. The number of halogens is 2. The number of hydrogen-bond donors (Lipinski definition) is 4. The zero-order valence-corrected chi connectivity index (χ0v) is 16.3. The van der Waals surface area contributed by atoms with Gasteiger partial charge in [-0.15, -0.1) is 11.3 Å². The lowest BCUT2D eigenvalue weighted by molar-refractivity contribution is -0.117. The normalized spacial score (nSPS) is 18.6. The van der Waals surface area contributed by atoms with Crippen LogP contribution in [0.25, 0.3) is 10.2 Å². The zero-order chi connectivity index (χ0) is 19.1. The standard InChI is InChI=1S/C18H16Cl2N4O2S/c19-14-16-12(27-17(14)20)6-11(23-16)18(26)24-10-5-8-3-1-2-4-9(8)15(10)22-7-13(21)25/h1-4,6,10,15,22-23H,5,7H2,(H2,21,25)(H,24,26)/t10-,15+/m1/s1. The van der Waals surface area contributed by atoms with Gasteiger partial charge < -0.3 is 16.0 Å². The van der Waals surface area contributed by atoms with Crippen LogP contribution in [0.4, 0.5) is 0 Å². The molecule has 0 saturated heterocycles. The van der Waals surface area contributed by atoms with E-state index in [4.69, 9.17) is 28.9 Å². The molecule has 3 aromatic rings. The largest absolute Gasteiger partial charge is 0.369 e. The van der Waals surface area contributed by atoms with Gasteiger partial charge in [0.05, 0.1) is 33.9 Å². The smallest absolute Gasteiger partial charge is 0.268 e. The van der Waals surface area contributed by atoms with Gasteiger partial charge in [-0.1, -0.05) is 47.5 Å². The molecule has 27 heavy (non-hydrogen) atoms. The van der Waals surface area contributed by atoms with Gasteiger partial charge in [-0.2, -0.15) is 0 Å². The molecule has 0 radical (unpaired) electrons. The SMILES string of the molecule is NC(=O)CN[C@H]1c2ccccc2C[C@H]1NC(=O)c1cc2sc(Cl)c(Cl)c2[nH]1. The van der Waals surface area contributed by atoms with Crippen molar-refractivity contribution in [3.8, 4) is 0 Å². The van der Waals surface area contributed by atoms with Crippen LogP contribution < -0.4 is 16.4 Å².